The van der Waals surface area contributed by atoms with Crippen LogP contribution in [-0.4, -0.2) is 11.0 Å². The minimum atomic E-state index is -0.325. The molecule has 0 atom stereocenters. The van der Waals surface area contributed by atoms with E-state index in [1.54, 1.807) is 12.3 Å². The molecule has 0 spiro atoms. The second kappa shape index (κ2) is 7.49. The third-order valence-electron chi connectivity index (χ3n) is 3.83. The van der Waals surface area contributed by atoms with Crippen LogP contribution in [0.25, 0.3) is 0 Å². The first-order chi connectivity index (χ1) is 12.1. The van der Waals surface area contributed by atoms with Gasteiger partial charge in [-0.1, -0.05) is 24.3 Å². The van der Waals surface area contributed by atoms with Gasteiger partial charge >= 0.3 is 6.03 Å². The molecule has 3 aromatic rings. The smallest absolute Gasteiger partial charge is 0.324 e. The number of carbonyl (C=O) groups excluding carboxylic acids is 1. The number of para-hydroxylation sites is 1. The van der Waals surface area contributed by atoms with E-state index in [2.05, 4.69) is 46.9 Å². The quantitative estimate of drug-likeness (QED) is 0.624. The number of pyridine rings is 1. The normalized spacial score (nSPS) is 10.2. The number of nitrogens with zero attached hydrogens (tertiary/aromatic N) is 1. The molecule has 2 amide bonds. The molecule has 1 aromatic heterocycles. The fourth-order valence-electron chi connectivity index (χ4n) is 2.33. The largest absolute Gasteiger partial charge is 0.354 e. The highest BCUT2D eigenvalue weighted by molar-refractivity contribution is 5.99. The van der Waals surface area contributed by atoms with E-state index in [0.717, 1.165) is 17.1 Å². The minimum Gasteiger partial charge on any atom is -0.354 e. The first-order valence-electron chi connectivity index (χ1n) is 8.03. The van der Waals surface area contributed by atoms with Crippen LogP contribution in [0.2, 0.25) is 0 Å². The highest BCUT2D eigenvalue weighted by Crippen LogP contribution is 2.20. The molecule has 0 bridgehead atoms. The van der Waals surface area contributed by atoms with Gasteiger partial charge in [0.1, 0.15) is 5.82 Å². The Morgan fingerprint density at radius 3 is 2.24 bits per heavy atom. The minimum absolute atomic E-state index is 0.325. The van der Waals surface area contributed by atoms with Gasteiger partial charge in [-0.2, -0.15) is 0 Å². The number of hydrogen-bond acceptors (Lipinski definition) is 3. The van der Waals surface area contributed by atoms with Crippen molar-refractivity contribution in [2.45, 2.75) is 13.8 Å². The van der Waals surface area contributed by atoms with Gasteiger partial charge in [-0.25, -0.2) is 9.78 Å². The molecule has 0 aliphatic heterocycles. The Kier molecular flexibility index (Phi) is 4.95. The number of amides is 2. The number of carbonyl (C=O) groups is 1. The van der Waals surface area contributed by atoms with Gasteiger partial charge in [0.25, 0.3) is 0 Å². The molecule has 2 aromatic carbocycles. The molecule has 0 unspecified atom stereocenters. The van der Waals surface area contributed by atoms with Gasteiger partial charge in [-0.05, 0) is 61.4 Å². The number of aryl methyl sites for hydroxylation is 2. The summed E-state index contributed by atoms with van der Waals surface area (Å²) in [6.07, 6.45) is 1.69. The molecular formula is C20H20N4O. The summed E-state index contributed by atoms with van der Waals surface area (Å²) in [6, 6.07) is 18.8. The highest BCUT2D eigenvalue weighted by Gasteiger charge is 2.04. The Bertz CT molecular complexity index is 861. The highest BCUT2D eigenvalue weighted by atomic mass is 16.2. The summed E-state index contributed by atoms with van der Waals surface area (Å²) in [6.45, 7) is 4.17. The van der Waals surface area contributed by atoms with Crippen LogP contribution in [0, 0.1) is 13.8 Å². The van der Waals surface area contributed by atoms with Crippen LogP contribution in [-0.2, 0) is 0 Å². The van der Waals surface area contributed by atoms with Gasteiger partial charge in [0, 0.05) is 11.4 Å². The van der Waals surface area contributed by atoms with E-state index in [-0.39, 0.29) is 6.03 Å². The number of aromatic nitrogens is 1. The second-order valence-corrected chi connectivity index (χ2v) is 5.80. The lowest BCUT2D eigenvalue weighted by molar-refractivity contribution is 0.262. The van der Waals surface area contributed by atoms with Gasteiger partial charge in [-0.15, -0.1) is 0 Å². The molecule has 25 heavy (non-hydrogen) atoms. The van der Waals surface area contributed by atoms with Crippen molar-refractivity contribution in [3.63, 3.8) is 0 Å². The van der Waals surface area contributed by atoms with Gasteiger partial charge in [0.2, 0.25) is 0 Å². The first kappa shape index (κ1) is 16.5. The van der Waals surface area contributed by atoms with Crippen molar-refractivity contribution in [3.8, 4) is 0 Å². The van der Waals surface area contributed by atoms with Crippen LogP contribution in [0.4, 0.5) is 27.7 Å². The molecular weight excluding hydrogens is 312 g/mol. The van der Waals surface area contributed by atoms with E-state index in [4.69, 9.17) is 0 Å². The molecule has 5 nitrogen and oxygen atoms in total. The number of nitrogens with one attached hydrogen (secondary N) is 3. The summed E-state index contributed by atoms with van der Waals surface area (Å²) in [5.41, 5.74) is 5.08. The molecule has 0 aliphatic carbocycles. The predicted octanol–water partition coefficient (Wildman–Crippen LogP) is 5.09. The fourth-order valence-corrected chi connectivity index (χ4v) is 2.33. The lowest BCUT2D eigenvalue weighted by Gasteiger charge is -2.10. The van der Waals surface area contributed by atoms with Crippen molar-refractivity contribution in [3.05, 3.63) is 78.0 Å². The molecule has 126 valence electrons. The number of urea groups is 1. The zero-order chi connectivity index (χ0) is 17.6. The molecule has 0 saturated heterocycles. The summed E-state index contributed by atoms with van der Waals surface area (Å²) in [5, 5.41) is 8.76. The Labute approximate surface area is 147 Å². The van der Waals surface area contributed by atoms with Gasteiger partial charge in [0.15, 0.2) is 0 Å². The van der Waals surface area contributed by atoms with Crippen molar-refractivity contribution in [1.29, 1.82) is 0 Å². The summed E-state index contributed by atoms with van der Waals surface area (Å²) in [4.78, 5) is 16.2. The van der Waals surface area contributed by atoms with Crippen molar-refractivity contribution >= 4 is 28.9 Å². The van der Waals surface area contributed by atoms with E-state index < -0.39 is 0 Å². The Morgan fingerprint density at radius 1 is 0.800 bits per heavy atom. The maximum Gasteiger partial charge on any atom is 0.324 e. The van der Waals surface area contributed by atoms with E-state index >= 15 is 0 Å². The predicted molar refractivity (Wildman–Crippen MR) is 103 cm³/mol. The van der Waals surface area contributed by atoms with E-state index in [1.807, 2.05) is 42.5 Å². The van der Waals surface area contributed by atoms with E-state index in [0.29, 0.717) is 5.82 Å². The zero-order valence-corrected chi connectivity index (χ0v) is 14.2. The number of rotatable bonds is 4. The lowest BCUT2D eigenvalue weighted by Crippen LogP contribution is -2.19. The van der Waals surface area contributed by atoms with Crippen LogP contribution in [0.5, 0.6) is 0 Å². The van der Waals surface area contributed by atoms with Crippen molar-refractivity contribution in [2.75, 3.05) is 16.0 Å². The van der Waals surface area contributed by atoms with Gasteiger partial charge in [0.05, 0.1) is 11.9 Å². The monoisotopic (exact) mass is 332 g/mol. The van der Waals surface area contributed by atoms with Crippen LogP contribution >= 0.6 is 0 Å². The van der Waals surface area contributed by atoms with Crippen LogP contribution < -0.4 is 16.0 Å². The molecule has 5 heteroatoms. The summed E-state index contributed by atoms with van der Waals surface area (Å²) >= 11 is 0. The second-order valence-electron chi connectivity index (χ2n) is 5.80. The van der Waals surface area contributed by atoms with Crippen LogP contribution in [0.15, 0.2) is 66.9 Å². The topological polar surface area (TPSA) is 66.0 Å². The Balaban J connectivity index is 1.60. The molecule has 3 rings (SSSR count). The first-order valence-corrected chi connectivity index (χ1v) is 8.03. The lowest BCUT2D eigenvalue weighted by atomic mass is 10.1. The molecule has 0 saturated carbocycles. The SMILES string of the molecule is Cc1ccc(Nc2ccc(NC(=O)Nc3ccccc3)nc2)cc1C. The average molecular weight is 332 g/mol. The van der Waals surface area contributed by atoms with Crippen LogP contribution in [0.3, 0.4) is 0 Å². The summed E-state index contributed by atoms with van der Waals surface area (Å²) < 4.78 is 0. The standard InChI is InChI=1S/C20H20N4O/c1-14-8-9-17(12-15(14)2)22-18-10-11-19(21-13-18)24-20(25)23-16-6-4-3-5-7-16/h3-13,22H,1-2H3,(H2,21,23,24,25). The number of anilines is 4. The molecule has 0 radical (unpaired) electrons. The van der Waals surface area contributed by atoms with Crippen LogP contribution in [0.1, 0.15) is 11.1 Å². The van der Waals surface area contributed by atoms with Crippen molar-refractivity contribution in [1.82, 2.24) is 4.98 Å². The Morgan fingerprint density at radius 2 is 1.56 bits per heavy atom. The summed E-state index contributed by atoms with van der Waals surface area (Å²) in [5.74, 6) is 0.485. The number of hydrogen-bond donors (Lipinski definition) is 3. The third-order valence-corrected chi connectivity index (χ3v) is 3.83. The summed E-state index contributed by atoms with van der Waals surface area (Å²) in [7, 11) is 0. The maximum absolute atomic E-state index is 11.9. The van der Waals surface area contributed by atoms with E-state index in [9.17, 15) is 4.79 Å². The van der Waals surface area contributed by atoms with E-state index in [1.165, 1.54) is 11.1 Å². The Hall–Kier alpha value is -3.34. The van der Waals surface area contributed by atoms with Crippen molar-refractivity contribution in [2.24, 2.45) is 0 Å². The van der Waals surface area contributed by atoms with Crippen molar-refractivity contribution < 1.29 is 4.79 Å². The zero-order valence-electron chi connectivity index (χ0n) is 14.2. The molecule has 0 fully saturated rings. The maximum atomic E-state index is 11.9. The fraction of sp³-hybridized carbons (Fsp3) is 0.100. The molecule has 0 aliphatic rings. The number of benzene rings is 2. The van der Waals surface area contributed by atoms with Gasteiger partial charge < -0.3 is 10.6 Å². The average Bonchev–Trinajstić information content (AvgIpc) is 2.61. The third kappa shape index (κ3) is 4.57. The molecule has 1 heterocycles. The van der Waals surface area contributed by atoms with Gasteiger partial charge in [-0.3, -0.25) is 5.32 Å². The molecule has 3 N–H and O–H groups in total.